The SMILES string of the molecule is CCCCCCCCCC(=O)N[C@@H](CN)C(=O)N[C@H](C(=O)N[C@@H](N)C(=O)N[C@@H](CCCCCN)C(=O)N[C@@H](N)B1OC2C[C@@H]3C[C@@H](C3(C)C)[C@]2(C)O1)[C@@H](C)O. The van der Waals surface area contributed by atoms with Gasteiger partial charge in [-0.2, -0.15) is 0 Å². The lowest BCUT2D eigenvalue weighted by atomic mass is 9.43. The fourth-order valence-electron chi connectivity index (χ4n) is 8.29. The number of nitrogens with two attached hydrogens (primary N) is 4. The van der Waals surface area contributed by atoms with E-state index in [9.17, 15) is 29.1 Å². The second-order valence-corrected chi connectivity index (χ2v) is 16.5. The first-order valence-corrected chi connectivity index (χ1v) is 20.4. The van der Waals surface area contributed by atoms with Gasteiger partial charge in [0.05, 0.1) is 17.8 Å². The van der Waals surface area contributed by atoms with E-state index in [1.807, 2.05) is 6.92 Å². The monoisotopic (exact) mass is 780 g/mol. The second kappa shape index (κ2) is 21.6. The van der Waals surface area contributed by atoms with Crippen LogP contribution in [0.15, 0.2) is 0 Å². The Hall–Kier alpha value is -2.87. The molecule has 5 amide bonds. The summed E-state index contributed by atoms with van der Waals surface area (Å²) in [7, 11) is -0.880. The van der Waals surface area contributed by atoms with E-state index in [0.717, 1.165) is 44.9 Å². The van der Waals surface area contributed by atoms with Crippen molar-refractivity contribution < 1.29 is 38.4 Å². The lowest BCUT2D eigenvalue weighted by molar-refractivity contribution is -0.199. The van der Waals surface area contributed by atoms with Gasteiger partial charge in [0.2, 0.25) is 23.6 Å². The Bertz CT molecular complexity index is 1290. The lowest BCUT2D eigenvalue weighted by Crippen LogP contribution is -2.65. The fraction of sp³-hybridized carbons (Fsp3) is 0.865. The topological polar surface area (TPSA) is 288 Å². The Labute approximate surface area is 327 Å². The van der Waals surface area contributed by atoms with E-state index in [-0.39, 0.29) is 36.8 Å². The van der Waals surface area contributed by atoms with Gasteiger partial charge in [-0.1, -0.05) is 72.1 Å². The summed E-state index contributed by atoms with van der Waals surface area (Å²) in [5.74, 6) is -2.74. The molecule has 1 heterocycles. The molecule has 3 aliphatic carbocycles. The number of carbonyl (C=O) groups is 5. The first kappa shape index (κ1) is 46.5. The van der Waals surface area contributed by atoms with Crippen LogP contribution in [0.5, 0.6) is 0 Å². The summed E-state index contributed by atoms with van der Waals surface area (Å²) in [5.41, 5.74) is 23.5. The van der Waals surface area contributed by atoms with Crippen LogP contribution in [0.1, 0.15) is 125 Å². The third-order valence-electron chi connectivity index (χ3n) is 11.9. The Balaban J connectivity index is 1.54. The molecular formula is C37H70BN9O8. The number of carbonyl (C=O) groups excluding carboxylic acids is 5. The number of hydrogen-bond donors (Lipinski definition) is 10. The molecule has 1 unspecified atom stereocenters. The minimum Gasteiger partial charge on any atom is -0.403 e. The molecule has 314 valence electrons. The molecule has 1 saturated heterocycles. The normalized spacial score (nSPS) is 25.6. The maximum atomic E-state index is 13.5. The molecule has 3 saturated carbocycles. The van der Waals surface area contributed by atoms with E-state index in [1.165, 1.54) is 19.8 Å². The quantitative estimate of drug-likeness (QED) is 0.0319. The first-order chi connectivity index (χ1) is 26.0. The van der Waals surface area contributed by atoms with E-state index in [2.05, 4.69) is 47.4 Å². The molecule has 4 aliphatic rings. The van der Waals surface area contributed by atoms with Crippen molar-refractivity contribution in [3.63, 3.8) is 0 Å². The van der Waals surface area contributed by atoms with Gasteiger partial charge in [-0.15, -0.1) is 0 Å². The van der Waals surface area contributed by atoms with Gasteiger partial charge in [0.25, 0.3) is 5.91 Å². The van der Waals surface area contributed by atoms with E-state index < -0.39 is 72.8 Å². The Morgan fingerprint density at radius 1 is 0.782 bits per heavy atom. The van der Waals surface area contributed by atoms with Gasteiger partial charge >= 0.3 is 7.12 Å². The van der Waals surface area contributed by atoms with Gasteiger partial charge < -0.3 is 63.9 Å². The fourth-order valence-corrected chi connectivity index (χ4v) is 8.29. The highest BCUT2D eigenvalue weighted by Gasteiger charge is 2.68. The van der Waals surface area contributed by atoms with E-state index in [4.69, 9.17) is 32.2 Å². The second-order valence-electron chi connectivity index (χ2n) is 16.5. The van der Waals surface area contributed by atoms with Crippen LogP contribution < -0.4 is 49.5 Å². The van der Waals surface area contributed by atoms with Crippen molar-refractivity contribution in [2.45, 2.75) is 173 Å². The molecule has 4 fully saturated rings. The standard InChI is InChI=1S/C37H70BN9O8/c1-6-7-8-9-10-11-14-17-28(49)43-25(21-40)32(51)45-29(22(2)48)33(52)46-30(41)34(53)44-24(16-13-12-15-18-39)31(50)47-35(42)38-54-27-20-23-19-26(36(23,3)4)37(27,5)55-38/h22-27,29-30,35,48H,6-21,39-42H2,1-5H3,(H,43,49)(H,44,53)(H,45,51)(H,46,52)(H,47,50)/t22-,23+,24+,25+,26+,27?,29+,30-,35-,37+/m1/s1. The molecule has 10 atom stereocenters. The highest BCUT2D eigenvalue weighted by molar-refractivity contribution is 6.47. The van der Waals surface area contributed by atoms with Gasteiger partial charge in [0, 0.05) is 13.0 Å². The summed E-state index contributed by atoms with van der Waals surface area (Å²) in [6, 6.07) is -4.79. The zero-order valence-corrected chi connectivity index (χ0v) is 33.7. The van der Waals surface area contributed by atoms with Gasteiger partial charge in [0.15, 0.2) is 6.17 Å². The summed E-state index contributed by atoms with van der Waals surface area (Å²) < 4.78 is 12.6. The Morgan fingerprint density at radius 2 is 1.42 bits per heavy atom. The maximum absolute atomic E-state index is 13.5. The Morgan fingerprint density at radius 3 is 2.04 bits per heavy atom. The van der Waals surface area contributed by atoms with E-state index >= 15 is 0 Å². The van der Waals surface area contributed by atoms with Crippen LogP contribution in [0.2, 0.25) is 0 Å². The van der Waals surface area contributed by atoms with Crippen molar-refractivity contribution in [1.82, 2.24) is 26.6 Å². The summed E-state index contributed by atoms with van der Waals surface area (Å²) in [6.07, 6.45) is 8.35. The predicted octanol–water partition coefficient (Wildman–Crippen LogP) is -0.490. The summed E-state index contributed by atoms with van der Waals surface area (Å²) in [5, 5.41) is 23.0. The number of amides is 5. The minimum atomic E-state index is -1.66. The van der Waals surface area contributed by atoms with Gasteiger partial charge in [-0.05, 0) is 69.7 Å². The highest BCUT2D eigenvalue weighted by Crippen LogP contribution is 2.65. The van der Waals surface area contributed by atoms with Crippen molar-refractivity contribution in [2.75, 3.05) is 13.1 Å². The number of hydrogen-bond acceptors (Lipinski definition) is 12. The average molecular weight is 780 g/mol. The van der Waals surface area contributed by atoms with Crippen molar-refractivity contribution >= 4 is 36.7 Å². The maximum Gasteiger partial charge on any atom is 0.497 e. The van der Waals surface area contributed by atoms with Gasteiger partial charge in [-0.25, -0.2) is 0 Å². The largest absolute Gasteiger partial charge is 0.497 e. The zero-order chi connectivity index (χ0) is 40.9. The first-order valence-electron chi connectivity index (χ1n) is 20.4. The van der Waals surface area contributed by atoms with Crippen LogP contribution in [0, 0.1) is 17.3 Å². The third-order valence-corrected chi connectivity index (χ3v) is 11.9. The summed E-state index contributed by atoms with van der Waals surface area (Å²) >= 11 is 0. The van der Waals surface area contributed by atoms with Crippen LogP contribution in [0.4, 0.5) is 0 Å². The number of aliphatic hydroxyl groups excluding tert-OH is 1. The third kappa shape index (κ3) is 12.6. The highest BCUT2D eigenvalue weighted by atomic mass is 16.7. The van der Waals surface area contributed by atoms with Gasteiger partial charge in [-0.3, -0.25) is 24.0 Å². The molecular weight excluding hydrogens is 709 g/mol. The van der Waals surface area contributed by atoms with Crippen molar-refractivity contribution in [1.29, 1.82) is 0 Å². The molecule has 2 bridgehead atoms. The molecule has 0 aromatic heterocycles. The molecule has 4 rings (SSSR count). The predicted molar refractivity (Wildman–Crippen MR) is 209 cm³/mol. The summed E-state index contributed by atoms with van der Waals surface area (Å²) in [4.78, 5) is 65.5. The van der Waals surface area contributed by atoms with E-state index in [0.29, 0.717) is 37.6 Å². The van der Waals surface area contributed by atoms with Gasteiger partial charge in [0.1, 0.15) is 24.2 Å². The number of aliphatic hydroxyl groups is 1. The Kier molecular flexibility index (Phi) is 18.3. The number of rotatable bonds is 25. The van der Waals surface area contributed by atoms with Crippen LogP contribution in [-0.4, -0.2) is 103 Å². The van der Waals surface area contributed by atoms with E-state index in [1.54, 1.807) is 0 Å². The van der Waals surface area contributed by atoms with Crippen molar-refractivity contribution in [3.05, 3.63) is 0 Å². The lowest BCUT2D eigenvalue weighted by Gasteiger charge is -2.64. The molecule has 0 spiro atoms. The number of unbranched alkanes of at least 4 members (excludes halogenated alkanes) is 8. The van der Waals surface area contributed by atoms with Crippen LogP contribution in [-0.2, 0) is 33.3 Å². The minimum absolute atomic E-state index is 0.127. The van der Waals surface area contributed by atoms with Crippen LogP contribution >= 0.6 is 0 Å². The molecule has 0 aromatic rings. The number of nitrogens with one attached hydrogen (secondary N) is 5. The molecule has 17 nitrogen and oxygen atoms in total. The molecule has 18 heteroatoms. The van der Waals surface area contributed by atoms with Crippen molar-refractivity contribution in [2.24, 2.45) is 40.2 Å². The smallest absolute Gasteiger partial charge is 0.403 e. The molecule has 14 N–H and O–H groups in total. The molecule has 1 aliphatic heterocycles. The van der Waals surface area contributed by atoms with Crippen molar-refractivity contribution in [3.8, 4) is 0 Å². The molecule has 55 heavy (non-hydrogen) atoms. The van der Waals surface area contributed by atoms with Crippen LogP contribution in [0.3, 0.4) is 0 Å². The molecule has 0 aromatic carbocycles. The molecule has 0 radical (unpaired) electrons. The summed E-state index contributed by atoms with van der Waals surface area (Å²) in [6.45, 7) is 10.2. The van der Waals surface area contributed by atoms with Crippen LogP contribution in [0.25, 0.3) is 0 Å². The zero-order valence-electron chi connectivity index (χ0n) is 33.7. The average Bonchev–Trinajstić information content (AvgIpc) is 3.50.